The number of amides is 2. The van der Waals surface area contributed by atoms with Crippen LogP contribution in [0.4, 0.5) is 14.5 Å². The second-order valence-corrected chi connectivity index (χ2v) is 6.25. The first-order valence-corrected chi connectivity index (χ1v) is 8.27. The third kappa shape index (κ3) is 3.85. The summed E-state index contributed by atoms with van der Waals surface area (Å²) in [4.78, 5) is 33.9. The number of nitrogens with zero attached hydrogens (tertiary/aromatic N) is 3. The number of halogens is 2. The molecule has 148 valence electrons. The highest BCUT2D eigenvalue weighted by Crippen LogP contribution is 2.38. The van der Waals surface area contributed by atoms with E-state index in [2.05, 4.69) is 15.3 Å². The number of hydrogen-bond acceptors (Lipinski definition) is 6. The summed E-state index contributed by atoms with van der Waals surface area (Å²) in [5.41, 5.74) is 0.442. The van der Waals surface area contributed by atoms with Crippen molar-refractivity contribution in [3.63, 3.8) is 0 Å². The average Bonchev–Trinajstić information content (AvgIpc) is 2.65. The molecule has 0 saturated carbocycles. The number of ether oxygens (including phenoxy) is 2. The summed E-state index contributed by atoms with van der Waals surface area (Å²) in [5.74, 6) is -3.13. The number of nitrogens with one attached hydrogen (secondary N) is 1. The zero-order valence-corrected chi connectivity index (χ0v) is 15.5. The predicted octanol–water partition coefficient (Wildman–Crippen LogP) is 2.15. The highest BCUT2D eigenvalue weighted by Gasteiger charge is 2.46. The molecule has 2 amide bonds. The predicted molar refractivity (Wildman–Crippen MR) is 95.1 cm³/mol. The van der Waals surface area contributed by atoms with Crippen molar-refractivity contribution < 1.29 is 27.8 Å². The molecule has 28 heavy (non-hydrogen) atoms. The molecule has 2 heterocycles. The molecule has 0 atom stereocenters. The lowest BCUT2D eigenvalue weighted by atomic mass is 10.1. The first kappa shape index (κ1) is 19.5. The molecule has 1 aliphatic rings. The zero-order valence-electron chi connectivity index (χ0n) is 15.5. The molecule has 0 unspecified atom stereocenters. The summed E-state index contributed by atoms with van der Waals surface area (Å²) in [5, 5.41) is 2.62. The third-order valence-electron chi connectivity index (χ3n) is 4.15. The molecule has 1 aromatic carbocycles. The number of hydrogen-bond donors (Lipinski definition) is 1. The highest BCUT2D eigenvalue weighted by molar-refractivity contribution is 6.06. The van der Waals surface area contributed by atoms with E-state index in [1.165, 1.54) is 38.7 Å². The van der Waals surface area contributed by atoms with Crippen molar-refractivity contribution in [3.05, 3.63) is 41.5 Å². The van der Waals surface area contributed by atoms with Gasteiger partial charge in [-0.05, 0) is 19.1 Å². The number of aryl methyl sites for hydroxylation is 1. The molecular weight excluding hydrogens is 374 g/mol. The van der Waals surface area contributed by atoms with Gasteiger partial charge in [-0.25, -0.2) is 18.7 Å². The fraction of sp³-hybridized carbons (Fsp3) is 0.333. The number of rotatable bonds is 5. The van der Waals surface area contributed by atoms with Gasteiger partial charge in [0, 0.05) is 18.0 Å². The van der Waals surface area contributed by atoms with Crippen LogP contribution in [-0.4, -0.2) is 59.9 Å². The summed E-state index contributed by atoms with van der Waals surface area (Å²) >= 11 is 0. The van der Waals surface area contributed by atoms with Gasteiger partial charge in [0.15, 0.2) is 11.5 Å². The monoisotopic (exact) mass is 392 g/mol. The molecule has 1 N–H and O–H groups in total. The van der Waals surface area contributed by atoms with Crippen molar-refractivity contribution in [1.82, 2.24) is 14.9 Å². The Bertz CT molecular complexity index is 911. The largest absolute Gasteiger partial charge is 0.493 e. The van der Waals surface area contributed by atoms with Crippen molar-refractivity contribution in [2.75, 3.05) is 32.6 Å². The van der Waals surface area contributed by atoms with Crippen molar-refractivity contribution in [1.29, 1.82) is 0 Å². The maximum Gasteiger partial charge on any atom is 0.282 e. The van der Waals surface area contributed by atoms with E-state index in [4.69, 9.17) is 9.47 Å². The minimum absolute atomic E-state index is 0.0867. The second kappa shape index (κ2) is 7.37. The Morgan fingerprint density at radius 1 is 1.11 bits per heavy atom. The molecule has 1 aliphatic heterocycles. The van der Waals surface area contributed by atoms with Crippen LogP contribution >= 0.6 is 0 Å². The number of carbonyl (C=O) groups is 2. The number of methoxy groups -OCH3 is 2. The molecule has 2 aromatic rings. The quantitative estimate of drug-likeness (QED) is 0.838. The van der Waals surface area contributed by atoms with Gasteiger partial charge in [0.05, 0.1) is 38.6 Å². The maximum absolute atomic E-state index is 13.1. The van der Waals surface area contributed by atoms with Crippen LogP contribution < -0.4 is 14.8 Å². The van der Waals surface area contributed by atoms with Gasteiger partial charge in [0.25, 0.3) is 17.7 Å². The van der Waals surface area contributed by atoms with E-state index in [-0.39, 0.29) is 28.3 Å². The van der Waals surface area contributed by atoms with E-state index in [1.54, 1.807) is 6.92 Å². The van der Waals surface area contributed by atoms with Gasteiger partial charge in [-0.3, -0.25) is 9.59 Å². The summed E-state index contributed by atoms with van der Waals surface area (Å²) in [6, 6.07) is 2.73. The molecule has 0 spiro atoms. The lowest BCUT2D eigenvalue weighted by Crippen LogP contribution is -2.58. The summed E-state index contributed by atoms with van der Waals surface area (Å²) in [6.45, 7) is 0.384. The molecule has 0 bridgehead atoms. The van der Waals surface area contributed by atoms with Crippen molar-refractivity contribution in [2.45, 2.75) is 12.8 Å². The molecule has 0 radical (unpaired) electrons. The van der Waals surface area contributed by atoms with Crippen LogP contribution in [0.5, 0.6) is 11.5 Å². The van der Waals surface area contributed by atoms with Gasteiger partial charge in [-0.2, -0.15) is 0 Å². The van der Waals surface area contributed by atoms with E-state index in [0.717, 1.165) is 4.90 Å². The normalized spacial score (nSPS) is 14.8. The van der Waals surface area contributed by atoms with Crippen molar-refractivity contribution in [3.8, 4) is 11.5 Å². The van der Waals surface area contributed by atoms with Gasteiger partial charge in [0.2, 0.25) is 0 Å². The van der Waals surface area contributed by atoms with Crippen LogP contribution in [0.1, 0.15) is 26.5 Å². The zero-order chi connectivity index (χ0) is 20.5. The van der Waals surface area contributed by atoms with Crippen LogP contribution in [0, 0.1) is 6.92 Å². The Balaban J connectivity index is 1.91. The van der Waals surface area contributed by atoms with Gasteiger partial charge < -0.3 is 19.7 Å². The number of benzene rings is 1. The summed E-state index contributed by atoms with van der Waals surface area (Å²) in [7, 11) is 2.74. The van der Waals surface area contributed by atoms with Gasteiger partial charge in [-0.1, -0.05) is 0 Å². The first-order valence-electron chi connectivity index (χ1n) is 8.27. The van der Waals surface area contributed by atoms with E-state index in [9.17, 15) is 18.4 Å². The van der Waals surface area contributed by atoms with Gasteiger partial charge in [-0.15, -0.1) is 0 Å². The highest BCUT2D eigenvalue weighted by atomic mass is 19.3. The third-order valence-corrected chi connectivity index (χ3v) is 4.15. The molecular formula is C18H18F2N4O4. The topological polar surface area (TPSA) is 93.7 Å². The Morgan fingerprint density at radius 3 is 2.29 bits per heavy atom. The van der Waals surface area contributed by atoms with Crippen LogP contribution in [0.15, 0.2) is 24.5 Å². The Hall–Kier alpha value is -3.30. The van der Waals surface area contributed by atoms with Crippen LogP contribution in [0.3, 0.4) is 0 Å². The molecule has 8 nitrogen and oxygen atoms in total. The standard InChI is InChI=1S/C18H18F2N4O4/c1-10-21-6-12(7-22-10)16(25)23-13-4-11(5-14(27-2)15(13)28-3)17(26)24-8-18(19,20)9-24/h4-7H,8-9H2,1-3H3,(H,23,25). The van der Waals surface area contributed by atoms with E-state index >= 15 is 0 Å². The van der Waals surface area contributed by atoms with Crippen LogP contribution in [0.25, 0.3) is 0 Å². The number of likely N-dealkylation sites (tertiary alicyclic amines) is 1. The number of alkyl halides is 2. The minimum Gasteiger partial charge on any atom is -0.493 e. The van der Waals surface area contributed by atoms with Crippen LogP contribution in [0.2, 0.25) is 0 Å². The summed E-state index contributed by atoms with van der Waals surface area (Å²) < 4.78 is 36.7. The van der Waals surface area contributed by atoms with E-state index < -0.39 is 30.8 Å². The van der Waals surface area contributed by atoms with Crippen molar-refractivity contribution in [2.24, 2.45) is 0 Å². The molecule has 1 fully saturated rings. The van der Waals surface area contributed by atoms with Crippen molar-refractivity contribution >= 4 is 17.5 Å². The minimum atomic E-state index is -2.88. The Kier molecular flexibility index (Phi) is 5.12. The Labute approximate surface area is 159 Å². The first-order chi connectivity index (χ1) is 13.2. The maximum atomic E-state index is 13.1. The van der Waals surface area contributed by atoms with E-state index in [0.29, 0.717) is 5.82 Å². The lowest BCUT2D eigenvalue weighted by molar-refractivity contribution is -0.113. The average molecular weight is 392 g/mol. The molecule has 1 aromatic heterocycles. The number of carbonyl (C=O) groups excluding carboxylic acids is 2. The molecule has 1 saturated heterocycles. The molecule has 3 rings (SSSR count). The lowest BCUT2D eigenvalue weighted by Gasteiger charge is -2.38. The molecule has 10 heteroatoms. The summed E-state index contributed by atoms with van der Waals surface area (Å²) in [6.07, 6.45) is 2.72. The fourth-order valence-corrected chi connectivity index (χ4v) is 2.72. The number of aromatic nitrogens is 2. The molecule has 0 aliphatic carbocycles. The van der Waals surface area contributed by atoms with E-state index in [1.807, 2.05) is 0 Å². The SMILES string of the molecule is COc1cc(C(=O)N2CC(F)(F)C2)cc(NC(=O)c2cnc(C)nc2)c1OC. The number of anilines is 1. The van der Waals surface area contributed by atoms with Gasteiger partial charge in [0.1, 0.15) is 5.82 Å². The Morgan fingerprint density at radius 2 is 1.75 bits per heavy atom. The smallest absolute Gasteiger partial charge is 0.282 e. The second-order valence-electron chi connectivity index (χ2n) is 6.25. The fourth-order valence-electron chi connectivity index (χ4n) is 2.72. The van der Waals surface area contributed by atoms with Gasteiger partial charge >= 0.3 is 0 Å². The van der Waals surface area contributed by atoms with Crippen LogP contribution in [-0.2, 0) is 0 Å².